The molecule has 1 fully saturated rings. The standard InChI is InChI=1S/C19H26N2O6S/c1-12(2)17(21-18(23)14-6-4-13(3)5-7-14)19(24)27-10-16(22)20-15-8-9-28(25,26)11-15/h4-7,12,15,17H,8-11H2,1-3H3,(H,20,22)(H,21,23)/t15-,17-/m0/s1. The molecule has 0 unspecified atom stereocenters. The minimum atomic E-state index is -3.11. The van der Waals surface area contributed by atoms with Crippen molar-refractivity contribution in [3.8, 4) is 0 Å². The Morgan fingerprint density at radius 1 is 1.18 bits per heavy atom. The molecule has 0 aliphatic carbocycles. The first-order valence-electron chi connectivity index (χ1n) is 9.11. The molecule has 1 heterocycles. The smallest absolute Gasteiger partial charge is 0.329 e. The van der Waals surface area contributed by atoms with Crippen molar-refractivity contribution < 1.29 is 27.5 Å². The molecule has 1 aliphatic heterocycles. The molecule has 8 nitrogen and oxygen atoms in total. The summed E-state index contributed by atoms with van der Waals surface area (Å²) in [6.07, 6.45) is 0.350. The summed E-state index contributed by atoms with van der Waals surface area (Å²) in [5.74, 6) is -2.00. The maximum Gasteiger partial charge on any atom is 0.329 e. The molecular formula is C19H26N2O6S. The van der Waals surface area contributed by atoms with Crippen LogP contribution < -0.4 is 10.6 Å². The molecule has 2 N–H and O–H groups in total. The molecule has 9 heteroatoms. The summed E-state index contributed by atoms with van der Waals surface area (Å²) in [7, 11) is -3.11. The lowest BCUT2D eigenvalue weighted by molar-refractivity contribution is -0.151. The van der Waals surface area contributed by atoms with Crippen molar-refractivity contribution in [2.45, 2.75) is 39.3 Å². The van der Waals surface area contributed by atoms with Gasteiger partial charge >= 0.3 is 5.97 Å². The van der Waals surface area contributed by atoms with Gasteiger partial charge in [0.1, 0.15) is 6.04 Å². The highest BCUT2D eigenvalue weighted by molar-refractivity contribution is 7.91. The number of hydrogen-bond donors (Lipinski definition) is 2. The number of carbonyl (C=O) groups is 3. The molecular weight excluding hydrogens is 384 g/mol. The van der Waals surface area contributed by atoms with E-state index in [1.54, 1.807) is 38.1 Å². The predicted octanol–water partition coefficient (Wildman–Crippen LogP) is 0.596. The van der Waals surface area contributed by atoms with Gasteiger partial charge in [0.25, 0.3) is 11.8 Å². The quantitative estimate of drug-likeness (QED) is 0.636. The molecule has 1 aromatic carbocycles. The number of aryl methyl sites for hydroxylation is 1. The molecule has 154 valence electrons. The van der Waals surface area contributed by atoms with E-state index < -0.39 is 46.3 Å². The van der Waals surface area contributed by atoms with Crippen LogP contribution in [0.1, 0.15) is 36.2 Å². The molecule has 1 aliphatic rings. The van der Waals surface area contributed by atoms with Crippen molar-refractivity contribution in [3.05, 3.63) is 35.4 Å². The van der Waals surface area contributed by atoms with Gasteiger partial charge in [-0.1, -0.05) is 31.5 Å². The maximum absolute atomic E-state index is 12.3. The van der Waals surface area contributed by atoms with Gasteiger partial charge in [-0.2, -0.15) is 0 Å². The number of hydrogen-bond acceptors (Lipinski definition) is 6. The maximum atomic E-state index is 12.3. The van der Waals surface area contributed by atoms with E-state index in [2.05, 4.69) is 10.6 Å². The van der Waals surface area contributed by atoms with Gasteiger partial charge in [-0.15, -0.1) is 0 Å². The van der Waals surface area contributed by atoms with Crippen LogP contribution in [-0.2, 0) is 24.2 Å². The molecule has 0 saturated carbocycles. The van der Waals surface area contributed by atoms with Gasteiger partial charge in [-0.05, 0) is 31.4 Å². The van der Waals surface area contributed by atoms with Crippen molar-refractivity contribution in [1.29, 1.82) is 0 Å². The van der Waals surface area contributed by atoms with Crippen LogP contribution in [0.15, 0.2) is 24.3 Å². The topological polar surface area (TPSA) is 119 Å². The fourth-order valence-corrected chi connectivity index (χ4v) is 4.51. The Bertz CT molecular complexity index is 832. The van der Waals surface area contributed by atoms with Gasteiger partial charge in [0, 0.05) is 11.6 Å². The molecule has 0 bridgehead atoms. The number of nitrogens with one attached hydrogen (secondary N) is 2. The summed E-state index contributed by atoms with van der Waals surface area (Å²) in [5, 5.41) is 5.18. The summed E-state index contributed by atoms with van der Waals surface area (Å²) in [6.45, 7) is 4.89. The average Bonchev–Trinajstić information content (AvgIpc) is 2.96. The third kappa shape index (κ3) is 6.33. The van der Waals surface area contributed by atoms with E-state index in [-0.39, 0.29) is 17.4 Å². The van der Waals surface area contributed by atoms with Gasteiger partial charge in [0.15, 0.2) is 16.4 Å². The van der Waals surface area contributed by atoms with Crippen molar-refractivity contribution in [2.24, 2.45) is 5.92 Å². The first-order valence-corrected chi connectivity index (χ1v) is 10.9. The Balaban J connectivity index is 1.87. The zero-order chi connectivity index (χ0) is 20.9. The average molecular weight is 410 g/mol. The largest absolute Gasteiger partial charge is 0.454 e. The Kier molecular flexibility index (Phi) is 7.17. The van der Waals surface area contributed by atoms with Crippen LogP contribution in [0.4, 0.5) is 0 Å². The normalized spacial score (nSPS) is 19.1. The van der Waals surface area contributed by atoms with Crippen molar-refractivity contribution in [2.75, 3.05) is 18.1 Å². The van der Waals surface area contributed by atoms with E-state index in [9.17, 15) is 22.8 Å². The molecule has 0 aromatic heterocycles. The summed E-state index contributed by atoms with van der Waals surface area (Å²) >= 11 is 0. The van der Waals surface area contributed by atoms with Gasteiger partial charge in [-0.25, -0.2) is 13.2 Å². The monoisotopic (exact) mass is 410 g/mol. The summed E-state index contributed by atoms with van der Waals surface area (Å²) in [5.41, 5.74) is 1.43. The van der Waals surface area contributed by atoms with Gasteiger partial charge in [0.2, 0.25) is 0 Å². The zero-order valence-electron chi connectivity index (χ0n) is 16.2. The van der Waals surface area contributed by atoms with E-state index in [1.165, 1.54) is 0 Å². The summed E-state index contributed by atoms with van der Waals surface area (Å²) in [4.78, 5) is 36.6. The second-order valence-electron chi connectivity index (χ2n) is 7.34. The molecule has 1 aromatic rings. The van der Waals surface area contributed by atoms with Crippen LogP contribution in [0, 0.1) is 12.8 Å². The molecule has 0 radical (unpaired) electrons. The van der Waals surface area contributed by atoms with E-state index >= 15 is 0 Å². The SMILES string of the molecule is Cc1ccc(C(=O)N[C@H](C(=O)OCC(=O)N[C@H]2CCS(=O)(=O)C2)C(C)C)cc1. The third-order valence-electron chi connectivity index (χ3n) is 4.46. The van der Waals surface area contributed by atoms with E-state index in [4.69, 9.17) is 4.74 Å². The predicted molar refractivity (Wildman–Crippen MR) is 103 cm³/mol. The summed E-state index contributed by atoms with van der Waals surface area (Å²) < 4.78 is 27.9. The van der Waals surface area contributed by atoms with Crippen molar-refractivity contribution >= 4 is 27.6 Å². The lowest BCUT2D eigenvalue weighted by Gasteiger charge is -2.21. The number of esters is 1. The van der Waals surface area contributed by atoms with Crippen molar-refractivity contribution in [3.63, 3.8) is 0 Å². The lowest BCUT2D eigenvalue weighted by atomic mass is 10.0. The van der Waals surface area contributed by atoms with Crippen molar-refractivity contribution in [1.82, 2.24) is 10.6 Å². The van der Waals surface area contributed by atoms with Crippen LogP contribution in [0.2, 0.25) is 0 Å². The van der Waals surface area contributed by atoms with Gasteiger partial charge in [0.05, 0.1) is 11.5 Å². The van der Waals surface area contributed by atoms with Gasteiger partial charge < -0.3 is 15.4 Å². The number of sulfone groups is 1. The second-order valence-corrected chi connectivity index (χ2v) is 9.57. The number of amides is 2. The Morgan fingerprint density at radius 3 is 2.36 bits per heavy atom. The Labute approximate surface area is 164 Å². The van der Waals surface area contributed by atoms with Crippen LogP contribution in [-0.4, -0.2) is 56.4 Å². The number of carbonyl (C=O) groups excluding carboxylic acids is 3. The fraction of sp³-hybridized carbons (Fsp3) is 0.526. The molecule has 28 heavy (non-hydrogen) atoms. The van der Waals surface area contributed by atoms with E-state index in [0.29, 0.717) is 12.0 Å². The summed E-state index contributed by atoms with van der Waals surface area (Å²) in [6, 6.07) is 5.55. The molecule has 1 saturated heterocycles. The first kappa shape index (κ1) is 21.9. The number of ether oxygens (including phenoxy) is 1. The highest BCUT2D eigenvalue weighted by Crippen LogP contribution is 2.11. The minimum Gasteiger partial charge on any atom is -0.454 e. The first-order chi connectivity index (χ1) is 13.1. The van der Waals surface area contributed by atoms with Crippen LogP contribution in [0.3, 0.4) is 0 Å². The van der Waals surface area contributed by atoms with E-state index in [0.717, 1.165) is 5.56 Å². The fourth-order valence-electron chi connectivity index (χ4n) is 2.83. The molecule has 2 atom stereocenters. The minimum absolute atomic E-state index is 0.0399. The van der Waals surface area contributed by atoms with Crippen LogP contribution >= 0.6 is 0 Å². The van der Waals surface area contributed by atoms with Crippen LogP contribution in [0.5, 0.6) is 0 Å². The highest BCUT2D eigenvalue weighted by atomic mass is 32.2. The molecule has 2 amide bonds. The third-order valence-corrected chi connectivity index (χ3v) is 6.23. The van der Waals surface area contributed by atoms with E-state index in [1.807, 2.05) is 6.92 Å². The zero-order valence-corrected chi connectivity index (χ0v) is 17.0. The second kappa shape index (κ2) is 9.18. The highest BCUT2D eigenvalue weighted by Gasteiger charge is 2.30. The Morgan fingerprint density at radius 2 is 1.82 bits per heavy atom. The number of rotatable bonds is 7. The molecule has 0 spiro atoms. The number of benzene rings is 1. The lowest BCUT2D eigenvalue weighted by Crippen LogP contribution is -2.46. The molecule has 2 rings (SSSR count). The Hall–Kier alpha value is -2.42. The van der Waals surface area contributed by atoms with Gasteiger partial charge in [-0.3, -0.25) is 9.59 Å². The van der Waals surface area contributed by atoms with Crippen LogP contribution in [0.25, 0.3) is 0 Å².